The molecule has 1 saturated heterocycles. The number of hydrogen-bond donors (Lipinski definition) is 1. The Hall–Kier alpha value is -1.82. The highest BCUT2D eigenvalue weighted by molar-refractivity contribution is 5.95. The summed E-state index contributed by atoms with van der Waals surface area (Å²) in [6, 6.07) is 1.68. The van der Waals surface area contributed by atoms with Crippen LogP contribution in [0.5, 0.6) is 0 Å². The lowest BCUT2D eigenvalue weighted by Crippen LogP contribution is -2.36. The van der Waals surface area contributed by atoms with Crippen LogP contribution in [0.25, 0.3) is 0 Å². The number of carbonyl (C=O) groups is 2. The molecule has 6 heteroatoms. The number of rotatable bonds is 3. The predicted octanol–water partition coefficient (Wildman–Crippen LogP) is 0.821. The van der Waals surface area contributed by atoms with E-state index in [1.807, 2.05) is 4.90 Å². The monoisotopic (exact) mass is 266 g/mol. The highest BCUT2D eigenvalue weighted by atomic mass is 16.4. The summed E-state index contributed by atoms with van der Waals surface area (Å²) in [6.45, 7) is 4.31. The van der Waals surface area contributed by atoms with Gasteiger partial charge in [-0.25, -0.2) is 0 Å². The van der Waals surface area contributed by atoms with Crippen molar-refractivity contribution in [2.75, 3.05) is 32.7 Å². The van der Waals surface area contributed by atoms with Gasteiger partial charge in [0.05, 0.1) is 18.4 Å². The number of nitrogens with zero attached hydrogens (tertiary/aromatic N) is 2. The minimum absolute atomic E-state index is 0.0345. The molecule has 0 radical (unpaired) electrons. The Bertz CT molecular complexity index is 469. The minimum Gasteiger partial charge on any atom is -0.480 e. The van der Waals surface area contributed by atoms with Crippen LogP contribution in [-0.2, 0) is 4.79 Å². The van der Waals surface area contributed by atoms with Gasteiger partial charge in [-0.3, -0.25) is 14.5 Å². The largest absolute Gasteiger partial charge is 0.480 e. The third-order valence-corrected chi connectivity index (χ3v) is 3.32. The SMILES string of the molecule is Cc1occc1C(=O)N1CCCN(CC(=O)O)CC1. The summed E-state index contributed by atoms with van der Waals surface area (Å²) in [5.74, 6) is -0.245. The molecule has 1 N–H and O–H groups in total. The summed E-state index contributed by atoms with van der Waals surface area (Å²) in [4.78, 5) is 26.6. The highest BCUT2D eigenvalue weighted by Crippen LogP contribution is 2.14. The van der Waals surface area contributed by atoms with Crippen LogP contribution in [0.3, 0.4) is 0 Å². The normalized spacial score (nSPS) is 17.2. The van der Waals surface area contributed by atoms with Gasteiger partial charge in [-0.2, -0.15) is 0 Å². The van der Waals surface area contributed by atoms with Crippen LogP contribution >= 0.6 is 0 Å². The zero-order valence-corrected chi connectivity index (χ0v) is 11.0. The number of amides is 1. The van der Waals surface area contributed by atoms with Gasteiger partial charge in [0.2, 0.25) is 0 Å². The van der Waals surface area contributed by atoms with E-state index in [0.717, 1.165) is 6.42 Å². The van der Waals surface area contributed by atoms with Crippen LogP contribution in [0.1, 0.15) is 22.5 Å². The van der Waals surface area contributed by atoms with E-state index >= 15 is 0 Å². The van der Waals surface area contributed by atoms with Crippen LogP contribution < -0.4 is 0 Å². The molecule has 0 aliphatic carbocycles. The zero-order chi connectivity index (χ0) is 13.8. The van der Waals surface area contributed by atoms with Crippen molar-refractivity contribution in [2.45, 2.75) is 13.3 Å². The lowest BCUT2D eigenvalue weighted by atomic mass is 10.2. The van der Waals surface area contributed by atoms with Crippen molar-refractivity contribution < 1.29 is 19.1 Å². The van der Waals surface area contributed by atoms with Gasteiger partial charge in [0, 0.05) is 26.2 Å². The maximum Gasteiger partial charge on any atom is 0.317 e. The molecule has 0 spiro atoms. The summed E-state index contributed by atoms with van der Waals surface area (Å²) in [6.07, 6.45) is 2.30. The molecular formula is C13H18N2O4. The van der Waals surface area contributed by atoms with E-state index in [4.69, 9.17) is 9.52 Å². The maximum absolute atomic E-state index is 12.3. The second kappa shape index (κ2) is 5.88. The number of aliphatic carboxylic acids is 1. The molecule has 0 unspecified atom stereocenters. The molecule has 1 fully saturated rings. The predicted molar refractivity (Wildman–Crippen MR) is 68.0 cm³/mol. The van der Waals surface area contributed by atoms with Crippen molar-refractivity contribution in [3.05, 3.63) is 23.7 Å². The van der Waals surface area contributed by atoms with E-state index in [-0.39, 0.29) is 12.5 Å². The third kappa shape index (κ3) is 3.35. The number of hydrogen-bond acceptors (Lipinski definition) is 4. The van der Waals surface area contributed by atoms with Gasteiger partial charge in [-0.1, -0.05) is 0 Å². The summed E-state index contributed by atoms with van der Waals surface area (Å²) in [7, 11) is 0. The van der Waals surface area contributed by atoms with Gasteiger partial charge in [0.15, 0.2) is 0 Å². The standard InChI is InChI=1S/C13H18N2O4/c1-10-11(3-8-19-10)13(18)15-5-2-4-14(6-7-15)9-12(16)17/h3,8H,2,4-7,9H2,1H3,(H,16,17). The second-order valence-electron chi connectivity index (χ2n) is 4.71. The molecule has 6 nitrogen and oxygen atoms in total. The molecule has 0 atom stereocenters. The fourth-order valence-corrected chi connectivity index (χ4v) is 2.30. The smallest absolute Gasteiger partial charge is 0.317 e. The van der Waals surface area contributed by atoms with E-state index in [0.29, 0.717) is 37.5 Å². The molecule has 2 rings (SSSR count). The lowest BCUT2D eigenvalue weighted by molar-refractivity contribution is -0.138. The van der Waals surface area contributed by atoms with Crippen LogP contribution in [0.4, 0.5) is 0 Å². The van der Waals surface area contributed by atoms with Crippen LogP contribution in [-0.4, -0.2) is 59.5 Å². The first kappa shape index (κ1) is 13.6. The van der Waals surface area contributed by atoms with Gasteiger partial charge in [0.25, 0.3) is 5.91 Å². The van der Waals surface area contributed by atoms with Crippen molar-refractivity contribution in [3.63, 3.8) is 0 Å². The Balaban J connectivity index is 1.97. The fraction of sp³-hybridized carbons (Fsp3) is 0.538. The minimum atomic E-state index is -0.828. The average molecular weight is 266 g/mol. The van der Waals surface area contributed by atoms with Crippen molar-refractivity contribution in [2.24, 2.45) is 0 Å². The van der Waals surface area contributed by atoms with Gasteiger partial charge in [-0.05, 0) is 19.4 Å². The first-order valence-electron chi connectivity index (χ1n) is 6.35. The average Bonchev–Trinajstić information content (AvgIpc) is 2.64. The van der Waals surface area contributed by atoms with Gasteiger partial charge >= 0.3 is 5.97 Å². The molecule has 1 aromatic rings. The quantitative estimate of drug-likeness (QED) is 0.876. The number of furan rings is 1. The molecule has 1 aliphatic heterocycles. The van der Waals surface area contributed by atoms with E-state index in [1.165, 1.54) is 6.26 Å². The van der Waals surface area contributed by atoms with Crippen LogP contribution in [0.2, 0.25) is 0 Å². The summed E-state index contributed by atoms with van der Waals surface area (Å²) < 4.78 is 5.15. The Labute approximate surface area is 111 Å². The summed E-state index contributed by atoms with van der Waals surface area (Å²) >= 11 is 0. The van der Waals surface area contributed by atoms with Gasteiger partial charge in [0.1, 0.15) is 5.76 Å². The topological polar surface area (TPSA) is 74.0 Å². The Morgan fingerprint density at radius 2 is 2.11 bits per heavy atom. The van der Waals surface area contributed by atoms with Crippen molar-refractivity contribution in [1.29, 1.82) is 0 Å². The van der Waals surface area contributed by atoms with E-state index in [2.05, 4.69) is 0 Å². The summed E-state index contributed by atoms with van der Waals surface area (Å²) in [5, 5.41) is 8.78. The summed E-state index contributed by atoms with van der Waals surface area (Å²) in [5.41, 5.74) is 0.590. The molecule has 0 bridgehead atoms. The van der Waals surface area contributed by atoms with Crippen LogP contribution in [0, 0.1) is 6.92 Å². The Morgan fingerprint density at radius 3 is 2.74 bits per heavy atom. The highest BCUT2D eigenvalue weighted by Gasteiger charge is 2.23. The molecule has 1 amide bonds. The number of carboxylic acid groups (broad SMARTS) is 1. The molecule has 0 aromatic carbocycles. The van der Waals surface area contributed by atoms with Gasteiger partial charge < -0.3 is 14.4 Å². The van der Waals surface area contributed by atoms with Gasteiger partial charge in [-0.15, -0.1) is 0 Å². The number of carboxylic acids is 1. The molecule has 19 heavy (non-hydrogen) atoms. The zero-order valence-electron chi connectivity index (χ0n) is 11.0. The van der Waals surface area contributed by atoms with Crippen molar-refractivity contribution in [3.8, 4) is 0 Å². The van der Waals surface area contributed by atoms with E-state index in [1.54, 1.807) is 17.9 Å². The van der Waals surface area contributed by atoms with Crippen LogP contribution in [0.15, 0.2) is 16.7 Å². The van der Waals surface area contributed by atoms with E-state index in [9.17, 15) is 9.59 Å². The fourth-order valence-electron chi connectivity index (χ4n) is 2.30. The Kier molecular flexibility index (Phi) is 4.21. The first-order chi connectivity index (χ1) is 9.08. The number of aryl methyl sites for hydroxylation is 1. The van der Waals surface area contributed by atoms with E-state index < -0.39 is 5.97 Å². The Morgan fingerprint density at radius 1 is 1.32 bits per heavy atom. The molecule has 104 valence electrons. The van der Waals surface area contributed by atoms with Crippen molar-refractivity contribution in [1.82, 2.24) is 9.80 Å². The van der Waals surface area contributed by atoms with Crippen molar-refractivity contribution >= 4 is 11.9 Å². The molecule has 0 saturated carbocycles. The first-order valence-corrected chi connectivity index (χ1v) is 6.35. The molecule has 2 heterocycles. The molecule has 1 aliphatic rings. The maximum atomic E-state index is 12.3. The third-order valence-electron chi connectivity index (χ3n) is 3.32. The number of carbonyl (C=O) groups excluding carboxylic acids is 1. The molecule has 1 aromatic heterocycles. The lowest BCUT2D eigenvalue weighted by Gasteiger charge is -2.20. The second-order valence-corrected chi connectivity index (χ2v) is 4.71. The molecular weight excluding hydrogens is 248 g/mol.